The first kappa shape index (κ1) is 30.7. The minimum Gasteiger partial charge on any atom is -0.669 e. The number of hydrogen-bond donors (Lipinski definition) is 0. The van der Waals surface area contributed by atoms with Gasteiger partial charge in [-0.15, -0.1) is 30.0 Å². The third-order valence-electron chi connectivity index (χ3n) is 5.40. The molecule has 0 saturated carbocycles. The van der Waals surface area contributed by atoms with E-state index in [1.165, 1.54) is 0 Å². The van der Waals surface area contributed by atoms with Crippen LogP contribution in [0.5, 0.6) is 11.5 Å². The Bertz CT molecular complexity index is 1570. The van der Waals surface area contributed by atoms with Gasteiger partial charge in [0, 0.05) is 59.3 Å². The first-order valence-corrected chi connectivity index (χ1v) is 11.8. The molecule has 40 heavy (non-hydrogen) atoms. The Morgan fingerprint density at radius 1 is 0.850 bits per heavy atom. The van der Waals surface area contributed by atoms with Gasteiger partial charge in [0.2, 0.25) is 0 Å². The summed E-state index contributed by atoms with van der Waals surface area (Å²) in [7, 11) is 1.98. The van der Waals surface area contributed by atoms with Crippen molar-refractivity contribution in [1.29, 1.82) is 0 Å². The second-order valence-corrected chi connectivity index (χ2v) is 8.14. The number of anilines is 1. The third kappa shape index (κ3) is 8.07. The maximum absolute atomic E-state index is 6.57. The van der Waals surface area contributed by atoms with E-state index in [1.54, 1.807) is 29.2 Å². The monoisotopic (exact) mass is 877 g/mol. The molecule has 5 nitrogen and oxygen atoms in total. The van der Waals surface area contributed by atoms with Crippen molar-refractivity contribution in [2.45, 2.75) is 0 Å². The standard InChI is InChI=1S/C27H17N3O.C6H4N.Ir.Pt/c1-29-15-16-30(20-29)24-10-6-12-26(19-24)31-25-11-5-9-23(17-25)27-18-22(13-14-28-27)21-7-3-2-4-8-21;1-2-7-5-3-4-6-7;;/h2-7,10-16,20H,1H3;3-6H;;/q-6;-1;;. The molecular formula is C33H21IrN4OPt-7. The number of pyridine rings is 1. The summed E-state index contributed by atoms with van der Waals surface area (Å²) in [5, 5.41) is 0. The molecular weight excluding hydrogens is 856 g/mol. The van der Waals surface area contributed by atoms with Gasteiger partial charge in [0.1, 0.15) is 0 Å². The van der Waals surface area contributed by atoms with E-state index in [9.17, 15) is 0 Å². The van der Waals surface area contributed by atoms with Gasteiger partial charge in [-0.2, -0.15) is 54.8 Å². The molecule has 0 saturated heterocycles. The van der Waals surface area contributed by atoms with Gasteiger partial charge >= 0.3 is 0 Å². The van der Waals surface area contributed by atoms with Crippen LogP contribution in [0.4, 0.5) is 5.69 Å². The zero-order chi connectivity index (χ0) is 26.2. The Morgan fingerprint density at radius 2 is 1.68 bits per heavy atom. The summed E-state index contributed by atoms with van der Waals surface area (Å²) >= 11 is 0. The Kier molecular flexibility index (Phi) is 11.5. The van der Waals surface area contributed by atoms with E-state index in [4.69, 9.17) is 11.2 Å². The Morgan fingerprint density at radius 3 is 2.38 bits per heavy atom. The van der Waals surface area contributed by atoms with Gasteiger partial charge in [-0.05, 0) is 37.8 Å². The van der Waals surface area contributed by atoms with Crippen LogP contribution in [0.3, 0.4) is 0 Å². The predicted molar refractivity (Wildman–Crippen MR) is 146 cm³/mol. The van der Waals surface area contributed by atoms with Crippen molar-refractivity contribution in [2.24, 2.45) is 0 Å². The number of rotatable bonds is 5. The molecule has 0 unspecified atom stereocenters. The van der Waals surface area contributed by atoms with E-state index < -0.39 is 0 Å². The SMILES string of the molecule is CN1C=CN(c2[c-]c(Oc3[c-]c(-c4[c-]c(-c5[c-]cccc5)ccn4)[c-]cc3)ccc2)[CH-]1.[C-]#Cn1cccc1.[Ir].[Pt]. The molecule has 1 aliphatic heterocycles. The minimum atomic E-state index is 0. The number of hydrogen-bond acceptors (Lipinski definition) is 4. The van der Waals surface area contributed by atoms with Crippen LogP contribution in [0.25, 0.3) is 22.4 Å². The molecule has 0 spiro atoms. The molecule has 0 N–H and O–H groups in total. The van der Waals surface area contributed by atoms with Crippen molar-refractivity contribution in [2.75, 3.05) is 11.9 Å². The Labute approximate surface area is 263 Å². The smallest absolute Gasteiger partial charge is 0.0143 e. The predicted octanol–water partition coefficient (Wildman–Crippen LogP) is 6.43. The van der Waals surface area contributed by atoms with Crippen molar-refractivity contribution < 1.29 is 45.9 Å². The molecule has 0 atom stereocenters. The van der Waals surface area contributed by atoms with Crippen LogP contribution in [0.2, 0.25) is 0 Å². The number of aromatic nitrogens is 2. The van der Waals surface area contributed by atoms with Gasteiger partial charge in [-0.1, -0.05) is 5.75 Å². The summed E-state index contributed by atoms with van der Waals surface area (Å²) in [6.07, 6.45) is 15.8. The average molecular weight is 877 g/mol. The summed E-state index contributed by atoms with van der Waals surface area (Å²) in [6, 6.07) is 41.2. The second-order valence-electron chi connectivity index (χ2n) is 8.14. The fraction of sp³-hybridized carbons (Fsp3) is 0.0303. The summed E-state index contributed by atoms with van der Waals surface area (Å²) in [5.74, 6) is 1.17. The molecule has 1 aliphatic rings. The summed E-state index contributed by atoms with van der Waals surface area (Å²) in [6.45, 7) is 1.97. The zero-order valence-electron chi connectivity index (χ0n) is 21.2. The van der Waals surface area contributed by atoms with Gasteiger partial charge in [0.25, 0.3) is 0 Å². The zero-order valence-corrected chi connectivity index (χ0v) is 25.9. The largest absolute Gasteiger partial charge is 0.669 e. The number of ether oxygens (including phenoxy) is 1. The van der Waals surface area contributed by atoms with Crippen LogP contribution < -0.4 is 9.64 Å². The van der Waals surface area contributed by atoms with Crippen molar-refractivity contribution in [3.63, 3.8) is 0 Å². The van der Waals surface area contributed by atoms with E-state index in [-0.39, 0.29) is 41.2 Å². The van der Waals surface area contributed by atoms with E-state index in [0.29, 0.717) is 22.8 Å². The maximum Gasteiger partial charge on any atom is 0.0143 e. The van der Waals surface area contributed by atoms with Gasteiger partial charge in [0.05, 0.1) is 0 Å². The van der Waals surface area contributed by atoms with Gasteiger partial charge in [-0.25, -0.2) is 23.2 Å². The molecule has 0 amide bonds. The molecule has 0 bridgehead atoms. The molecule has 6 rings (SSSR count). The minimum absolute atomic E-state index is 0. The van der Waals surface area contributed by atoms with Crippen LogP contribution in [-0.2, 0) is 41.2 Å². The number of benzene rings is 3. The first-order chi connectivity index (χ1) is 18.7. The average Bonchev–Trinajstić information content (AvgIpc) is 3.66. The van der Waals surface area contributed by atoms with Crippen molar-refractivity contribution in [3.8, 4) is 39.9 Å². The molecule has 5 aromatic rings. The molecule has 1 radical (unpaired) electrons. The van der Waals surface area contributed by atoms with Crippen LogP contribution >= 0.6 is 0 Å². The van der Waals surface area contributed by atoms with Crippen molar-refractivity contribution in [1.82, 2.24) is 14.5 Å². The Balaban J connectivity index is 0.000000431. The van der Waals surface area contributed by atoms with Gasteiger partial charge in [0.15, 0.2) is 0 Å². The second kappa shape index (κ2) is 15.1. The van der Waals surface area contributed by atoms with Crippen molar-refractivity contribution >= 4 is 5.69 Å². The molecule has 2 aromatic heterocycles. The summed E-state index contributed by atoms with van der Waals surface area (Å²) in [5.41, 5.74) is 4.10. The number of nitrogens with zero attached hydrogens (tertiary/aromatic N) is 4. The first-order valence-electron chi connectivity index (χ1n) is 11.8. The van der Waals surface area contributed by atoms with Crippen LogP contribution in [0.15, 0.2) is 104 Å². The molecule has 7 heteroatoms. The molecule has 0 fully saturated rings. The molecule has 3 heterocycles. The fourth-order valence-electron chi connectivity index (χ4n) is 3.59. The van der Waals surface area contributed by atoms with Crippen LogP contribution in [0.1, 0.15) is 0 Å². The normalized spacial score (nSPS) is 11.4. The quantitative estimate of drug-likeness (QED) is 0.151. The van der Waals surface area contributed by atoms with E-state index >= 15 is 0 Å². The summed E-state index contributed by atoms with van der Waals surface area (Å²) in [4.78, 5) is 8.39. The fourth-order valence-corrected chi connectivity index (χ4v) is 3.59. The molecule has 205 valence electrons. The van der Waals surface area contributed by atoms with Crippen LogP contribution in [-0.4, -0.2) is 21.5 Å². The van der Waals surface area contributed by atoms with Gasteiger partial charge < -0.3 is 42.1 Å². The Hall–Kier alpha value is -3.87. The van der Waals surface area contributed by atoms with E-state index in [0.717, 1.165) is 16.8 Å². The van der Waals surface area contributed by atoms with Crippen LogP contribution in [0, 0.1) is 49.5 Å². The van der Waals surface area contributed by atoms with Gasteiger partial charge in [-0.3, -0.25) is 12.1 Å². The van der Waals surface area contributed by atoms with E-state index in [1.807, 2.05) is 103 Å². The van der Waals surface area contributed by atoms with Crippen molar-refractivity contribution in [3.05, 3.63) is 147 Å². The topological polar surface area (TPSA) is 33.5 Å². The molecule has 0 aliphatic carbocycles. The third-order valence-corrected chi connectivity index (χ3v) is 5.40. The molecule has 3 aromatic carbocycles. The van der Waals surface area contributed by atoms with E-state index in [2.05, 4.69) is 41.4 Å². The maximum atomic E-state index is 6.57. The summed E-state index contributed by atoms with van der Waals surface area (Å²) < 4.78 is 7.57.